The van der Waals surface area contributed by atoms with Crippen molar-refractivity contribution in [3.8, 4) is 5.75 Å². The van der Waals surface area contributed by atoms with Crippen LogP contribution >= 0.6 is 0 Å². The Morgan fingerprint density at radius 2 is 1.38 bits per heavy atom. The smallest absolute Gasteiger partial charge is 0.307 e. The lowest BCUT2D eigenvalue weighted by molar-refractivity contribution is -0.135. The fraction of sp³-hybridized carbons (Fsp3) is 0.346. The maximum atomic E-state index is 10.7. The number of carboxylic acid groups (broad SMARTS) is 1. The molecule has 0 saturated heterocycles. The Labute approximate surface area is 172 Å². The monoisotopic (exact) mass is 388 g/mol. The Bertz CT molecular complexity index is 895. The maximum absolute atomic E-state index is 10.7. The third-order valence-corrected chi connectivity index (χ3v) is 6.34. The van der Waals surface area contributed by atoms with Crippen LogP contribution in [-0.4, -0.2) is 16.2 Å². The molecule has 2 aromatic carbocycles. The number of carbonyl (C=O) groups is 1. The Morgan fingerprint density at radius 1 is 0.862 bits per heavy atom. The number of fused-ring (bicyclic) bond motifs is 2. The number of hydrogen-bond donors (Lipinski definition) is 2. The van der Waals surface area contributed by atoms with Gasteiger partial charge in [0, 0.05) is 0 Å². The number of benzene rings is 2. The molecule has 3 heteroatoms. The van der Waals surface area contributed by atoms with Crippen LogP contribution in [0.4, 0.5) is 0 Å². The molecule has 3 nitrogen and oxygen atoms in total. The molecule has 2 bridgehead atoms. The molecular weight excluding hydrogens is 360 g/mol. The molecule has 2 N–H and O–H groups in total. The first-order valence-corrected chi connectivity index (χ1v) is 10.6. The van der Waals surface area contributed by atoms with Gasteiger partial charge in [0.15, 0.2) is 0 Å². The number of aromatic hydroxyl groups is 1. The average Bonchev–Trinajstić information content (AvgIpc) is 2.70. The zero-order chi connectivity index (χ0) is 20.2. The first-order chi connectivity index (χ1) is 14.1. The first kappa shape index (κ1) is 19.5. The molecule has 150 valence electrons. The van der Waals surface area contributed by atoms with Gasteiger partial charge in [-0.3, -0.25) is 4.79 Å². The minimum Gasteiger partial charge on any atom is -0.508 e. The van der Waals surface area contributed by atoms with E-state index in [-0.39, 0.29) is 6.42 Å². The summed E-state index contributed by atoms with van der Waals surface area (Å²) in [7, 11) is 0. The van der Waals surface area contributed by atoms with Crippen molar-refractivity contribution in [2.75, 3.05) is 0 Å². The van der Waals surface area contributed by atoms with Crippen LogP contribution in [0.1, 0.15) is 61.6 Å². The number of allylic oxidation sites excluding steroid dienone is 1. The fourth-order valence-electron chi connectivity index (χ4n) is 5.06. The SMILES string of the molecule is O=C(O)C/C=C/c1ccc(C(=C2C3CCCC2CCC3)c2ccc(O)cc2)cc1. The molecule has 0 aliphatic heterocycles. The Hall–Kier alpha value is -2.81. The predicted molar refractivity (Wildman–Crippen MR) is 117 cm³/mol. The number of carboxylic acids is 1. The molecule has 0 aromatic heterocycles. The molecule has 29 heavy (non-hydrogen) atoms. The van der Waals surface area contributed by atoms with Gasteiger partial charge >= 0.3 is 5.97 Å². The van der Waals surface area contributed by atoms with Gasteiger partial charge in [-0.05, 0) is 71.9 Å². The molecule has 0 amide bonds. The molecule has 2 fully saturated rings. The summed E-state index contributed by atoms with van der Waals surface area (Å²) in [6.45, 7) is 0. The van der Waals surface area contributed by atoms with Gasteiger partial charge < -0.3 is 10.2 Å². The lowest BCUT2D eigenvalue weighted by Gasteiger charge is -2.39. The minimum absolute atomic E-state index is 0.0356. The molecule has 0 heterocycles. The molecule has 4 rings (SSSR count). The molecule has 0 radical (unpaired) electrons. The molecule has 2 aliphatic carbocycles. The maximum Gasteiger partial charge on any atom is 0.307 e. The summed E-state index contributed by atoms with van der Waals surface area (Å²) in [6.07, 6.45) is 11.4. The van der Waals surface area contributed by atoms with E-state index in [1.54, 1.807) is 23.8 Å². The van der Waals surface area contributed by atoms with Crippen LogP contribution in [0.3, 0.4) is 0 Å². The lowest BCUT2D eigenvalue weighted by Crippen LogP contribution is -2.25. The summed E-state index contributed by atoms with van der Waals surface area (Å²) in [5, 5.41) is 18.6. The van der Waals surface area contributed by atoms with E-state index < -0.39 is 5.97 Å². The number of rotatable bonds is 5. The minimum atomic E-state index is -0.818. The third-order valence-electron chi connectivity index (χ3n) is 6.34. The van der Waals surface area contributed by atoms with Gasteiger partial charge in [-0.25, -0.2) is 0 Å². The van der Waals surface area contributed by atoms with Crippen molar-refractivity contribution in [1.29, 1.82) is 0 Å². The standard InChI is InChI=1S/C26H28O3/c27-23-16-14-22(15-17-23)26(25-19-5-2-6-20(25)8-3-7-19)21-12-10-18(11-13-21)4-1-9-24(28)29/h1,4,10-17,19-20,27H,2-3,5-9H2,(H,28,29)/b4-1+,26-25?. The summed E-state index contributed by atoms with van der Waals surface area (Å²) in [5.41, 5.74) is 6.34. The van der Waals surface area contributed by atoms with E-state index in [1.807, 2.05) is 18.2 Å². The molecule has 0 unspecified atom stereocenters. The fourth-order valence-corrected chi connectivity index (χ4v) is 5.06. The van der Waals surface area contributed by atoms with Crippen LogP contribution in [-0.2, 0) is 4.79 Å². The van der Waals surface area contributed by atoms with Gasteiger partial charge in [-0.15, -0.1) is 0 Å². The van der Waals surface area contributed by atoms with Gasteiger partial charge in [-0.1, -0.05) is 67.0 Å². The molecule has 0 spiro atoms. The van der Waals surface area contributed by atoms with Crippen LogP contribution in [0.15, 0.2) is 60.2 Å². The third kappa shape index (κ3) is 4.45. The molecule has 0 atom stereocenters. The average molecular weight is 389 g/mol. The Morgan fingerprint density at radius 3 is 1.90 bits per heavy atom. The van der Waals surface area contributed by atoms with Crippen LogP contribution < -0.4 is 0 Å². The van der Waals surface area contributed by atoms with E-state index in [9.17, 15) is 9.90 Å². The zero-order valence-corrected chi connectivity index (χ0v) is 16.7. The van der Waals surface area contributed by atoms with Gasteiger partial charge in [-0.2, -0.15) is 0 Å². The van der Waals surface area contributed by atoms with Crippen molar-refractivity contribution in [1.82, 2.24) is 0 Å². The van der Waals surface area contributed by atoms with E-state index >= 15 is 0 Å². The number of aliphatic carboxylic acids is 1. The second-order valence-electron chi connectivity index (χ2n) is 8.26. The number of hydrogen-bond acceptors (Lipinski definition) is 2. The predicted octanol–water partition coefficient (Wildman–Crippen LogP) is 6.28. The molecule has 2 saturated carbocycles. The van der Waals surface area contributed by atoms with Crippen molar-refractivity contribution in [3.63, 3.8) is 0 Å². The van der Waals surface area contributed by atoms with E-state index in [0.29, 0.717) is 17.6 Å². The number of phenolic OH excluding ortho intramolecular Hbond substituents is 1. The van der Waals surface area contributed by atoms with Crippen LogP contribution in [0, 0.1) is 11.8 Å². The number of phenols is 1. The van der Waals surface area contributed by atoms with Gasteiger partial charge in [0.1, 0.15) is 5.75 Å². The van der Waals surface area contributed by atoms with E-state index in [2.05, 4.69) is 24.3 Å². The summed E-state index contributed by atoms with van der Waals surface area (Å²) < 4.78 is 0. The highest BCUT2D eigenvalue weighted by Crippen LogP contribution is 2.48. The highest BCUT2D eigenvalue weighted by molar-refractivity contribution is 5.83. The van der Waals surface area contributed by atoms with Crippen LogP contribution in [0.5, 0.6) is 5.75 Å². The lowest BCUT2D eigenvalue weighted by atomic mass is 9.65. The first-order valence-electron chi connectivity index (χ1n) is 10.6. The van der Waals surface area contributed by atoms with Gasteiger partial charge in [0.2, 0.25) is 0 Å². The van der Waals surface area contributed by atoms with E-state index in [4.69, 9.17) is 5.11 Å². The van der Waals surface area contributed by atoms with E-state index in [1.165, 1.54) is 55.2 Å². The summed E-state index contributed by atoms with van der Waals surface area (Å²) >= 11 is 0. The second kappa shape index (κ2) is 8.69. The quantitative estimate of drug-likeness (QED) is 0.633. The molecule has 2 aromatic rings. The summed E-state index contributed by atoms with van der Waals surface area (Å²) in [6, 6.07) is 16.0. The van der Waals surface area contributed by atoms with Crippen LogP contribution in [0.2, 0.25) is 0 Å². The normalized spacial score (nSPS) is 21.3. The highest BCUT2D eigenvalue weighted by atomic mass is 16.4. The van der Waals surface area contributed by atoms with Crippen molar-refractivity contribution in [2.45, 2.75) is 44.9 Å². The highest BCUT2D eigenvalue weighted by Gasteiger charge is 2.33. The van der Waals surface area contributed by atoms with Gasteiger partial charge in [0.05, 0.1) is 6.42 Å². The zero-order valence-electron chi connectivity index (χ0n) is 16.7. The van der Waals surface area contributed by atoms with E-state index in [0.717, 1.165) is 5.56 Å². The van der Waals surface area contributed by atoms with Crippen molar-refractivity contribution >= 4 is 17.6 Å². The summed E-state index contributed by atoms with van der Waals surface area (Å²) in [5.74, 6) is 0.810. The van der Waals surface area contributed by atoms with Gasteiger partial charge in [0.25, 0.3) is 0 Å². The summed E-state index contributed by atoms with van der Waals surface area (Å²) in [4.78, 5) is 10.7. The second-order valence-corrected chi connectivity index (χ2v) is 8.26. The van der Waals surface area contributed by atoms with Crippen molar-refractivity contribution < 1.29 is 15.0 Å². The Kier molecular flexibility index (Phi) is 5.84. The molecular formula is C26H28O3. The Balaban J connectivity index is 1.75. The van der Waals surface area contributed by atoms with Crippen LogP contribution in [0.25, 0.3) is 11.6 Å². The molecule has 2 aliphatic rings. The topological polar surface area (TPSA) is 57.5 Å². The van der Waals surface area contributed by atoms with Crippen molar-refractivity contribution in [3.05, 3.63) is 76.9 Å². The van der Waals surface area contributed by atoms with Crippen molar-refractivity contribution in [2.24, 2.45) is 11.8 Å². The largest absolute Gasteiger partial charge is 0.508 e.